The number of nitrogens with zero attached hydrogens (tertiary/aromatic N) is 1. The van der Waals surface area contributed by atoms with Crippen molar-refractivity contribution in [3.05, 3.63) is 64.7 Å². The van der Waals surface area contributed by atoms with E-state index in [1.54, 1.807) is 38.1 Å². The molecular formula is C20H25ClN2O3S. The zero-order chi connectivity index (χ0) is 19.9. The Kier molecular flexibility index (Phi) is 7.68. The van der Waals surface area contributed by atoms with E-state index in [-0.39, 0.29) is 11.7 Å². The van der Waals surface area contributed by atoms with Gasteiger partial charge in [-0.3, -0.25) is 9.10 Å². The first kappa shape index (κ1) is 21.3. The molecule has 0 atom stereocenters. The average Bonchev–Trinajstić information content (AvgIpc) is 2.67. The predicted molar refractivity (Wildman–Crippen MR) is 111 cm³/mol. The molecule has 146 valence electrons. The number of rotatable bonds is 9. The topological polar surface area (TPSA) is 66.5 Å². The lowest BCUT2D eigenvalue weighted by atomic mass is 10.1. The second-order valence-corrected chi connectivity index (χ2v) is 8.72. The third-order valence-corrected chi connectivity index (χ3v) is 6.37. The monoisotopic (exact) mass is 408 g/mol. The van der Waals surface area contributed by atoms with Gasteiger partial charge in [0.05, 0.1) is 11.4 Å². The summed E-state index contributed by atoms with van der Waals surface area (Å²) in [5, 5.41) is 3.60. The van der Waals surface area contributed by atoms with Crippen molar-refractivity contribution >= 4 is 33.2 Å². The number of amides is 1. The Hall–Kier alpha value is -2.05. The van der Waals surface area contributed by atoms with Gasteiger partial charge in [0.25, 0.3) is 5.91 Å². The quantitative estimate of drug-likeness (QED) is 0.640. The molecule has 0 heterocycles. The van der Waals surface area contributed by atoms with Crippen molar-refractivity contribution in [2.24, 2.45) is 0 Å². The van der Waals surface area contributed by atoms with Crippen LogP contribution in [0.2, 0.25) is 5.02 Å². The summed E-state index contributed by atoms with van der Waals surface area (Å²) in [4.78, 5) is 12.2. The number of carbonyl (C=O) groups is 1. The molecule has 1 amide bonds. The van der Waals surface area contributed by atoms with Crippen LogP contribution in [-0.4, -0.2) is 33.2 Å². The van der Waals surface area contributed by atoms with Crippen molar-refractivity contribution in [1.29, 1.82) is 0 Å². The molecule has 0 aromatic heterocycles. The number of anilines is 1. The van der Waals surface area contributed by atoms with Crippen LogP contribution < -0.4 is 9.62 Å². The highest BCUT2D eigenvalue weighted by atomic mass is 35.5. The standard InChI is InChI=1S/C20H25ClN2O3S/c1-3-23(27(25,26)4-2)19-13-9-17(10-14-19)20(24)22-15-5-6-16-7-11-18(21)12-8-16/h7-14H,3-6,15H2,1-2H3,(H,22,24). The van der Waals surface area contributed by atoms with E-state index in [4.69, 9.17) is 11.6 Å². The van der Waals surface area contributed by atoms with Crippen LogP contribution in [0.5, 0.6) is 0 Å². The molecule has 0 aliphatic heterocycles. The molecule has 0 saturated carbocycles. The molecule has 0 saturated heterocycles. The number of hydrogen-bond acceptors (Lipinski definition) is 3. The van der Waals surface area contributed by atoms with Crippen LogP contribution >= 0.6 is 11.6 Å². The Balaban J connectivity index is 1.88. The number of benzene rings is 2. The summed E-state index contributed by atoms with van der Waals surface area (Å²) in [6.45, 7) is 4.32. The first-order valence-corrected chi connectivity index (χ1v) is 11.0. The summed E-state index contributed by atoms with van der Waals surface area (Å²) in [5.74, 6) is -0.129. The van der Waals surface area contributed by atoms with Crippen molar-refractivity contribution in [1.82, 2.24) is 5.32 Å². The predicted octanol–water partition coefficient (Wildman–Crippen LogP) is 3.88. The summed E-state index contributed by atoms with van der Waals surface area (Å²) in [6.07, 6.45) is 1.68. The van der Waals surface area contributed by atoms with Crippen LogP contribution in [0.3, 0.4) is 0 Å². The Bertz CT molecular complexity index is 850. The fourth-order valence-electron chi connectivity index (χ4n) is 2.72. The summed E-state index contributed by atoms with van der Waals surface area (Å²) in [6, 6.07) is 14.3. The summed E-state index contributed by atoms with van der Waals surface area (Å²) in [7, 11) is -3.32. The third-order valence-electron chi connectivity index (χ3n) is 4.25. The third kappa shape index (κ3) is 5.97. The van der Waals surface area contributed by atoms with E-state index in [0.717, 1.165) is 12.8 Å². The van der Waals surface area contributed by atoms with Crippen LogP contribution in [0.4, 0.5) is 5.69 Å². The van der Waals surface area contributed by atoms with Crippen molar-refractivity contribution in [2.75, 3.05) is 23.1 Å². The van der Waals surface area contributed by atoms with Gasteiger partial charge in [-0.15, -0.1) is 0 Å². The average molecular weight is 409 g/mol. The SMILES string of the molecule is CCN(c1ccc(C(=O)NCCCc2ccc(Cl)cc2)cc1)S(=O)(=O)CC. The first-order valence-electron chi connectivity index (χ1n) is 9.00. The molecule has 1 N–H and O–H groups in total. The Labute approximate surface area is 166 Å². The lowest BCUT2D eigenvalue weighted by molar-refractivity contribution is 0.0953. The van der Waals surface area contributed by atoms with E-state index in [2.05, 4.69) is 5.32 Å². The van der Waals surface area contributed by atoms with Gasteiger partial charge in [-0.1, -0.05) is 23.7 Å². The van der Waals surface area contributed by atoms with Crippen LogP contribution in [-0.2, 0) is 16.4 Å². The summed E-state index contributed by atoms with van der Waals surface area (Å²) in [5.41, 5.74) is 2.25. The fourth-order valence-corrected chi connectivity index (χ4v) is 4.00. The van der Waals surface area contributed by atoms with Crippen molar-refractivity contribution in [3.63, 3.8) is 0 Å². The van der Waals surface area contributed by atoms with E-state index in [9.17, 15) is 13.2 Å². The van der Waals surface area contributed by atoms with E-state index >= 15 is 0 Å². The highest BCUT2D eigenvalue weighted by Gasteiger charge is 2.18. The molecule has 5 nitrogen and oxygen atoms in total. The van der Waals surface area contributed by atoms with Gasteiger partial charge in [0.1, 0.15) is 0 Å². The first-order chi connectivity index (χ1) is 12.9. The van der Waals surface area contributed by atoms with Gasteiger partial charge >= 0.3 is 0 Å². The number of halogens is 1. The Morgan fingerprint density at radius 2 is 1.67 bits per heavy atom. The van der Waals surface area contributed by atoms with Gasteiger partial charge in [-0.05, 0) is 68.7 Å². The second kappa shape index (κ2) is 9.76. The molecule has 0 bridgehead atoms. The number of nitrogens with one attached hydrogen (secondary N) is 1. The van der Waals surface area contributed by atoms with E-state index < -0.39 is 10.0 Å². The Morgan fingerprint density at radius 3 is 2.22 bits per heavy atom. The molecule has 0 radical (unpaired) electrons. The van der Waals surface area contributed by atoms with Crippen molar-refractivity contribution in [3.8, 4) is 0 Å². The maximum atomic E-state index is 12.2. The van der Waals surface area contributed by atoms with Gasteiger partial charge in [0, 0.05) is 23.7 Å². The highest BCUT2D eigenvalue weighted by Crippen LogP contribution is 2.19. The van der Waals surface area contributed by atoms with Crippen LogP contribution in [0.25, 0.3) is 0 Å². The van der Waals surface area contributed by atoms with E-state index in [0.29, 0.717) is 29.4 Å². The summed E-state index contributed by atoms with van der Waals surface area (Å²) < 4.78 is 25.5. The zero-order valence-electron chi connectivity index (χ0n) is 15.6. The highest BCUT2D eigenvalue weighted by molar-refractivity contribution is 7.92. The molecule has 0 unspecified atom stereocenters. The van der Waals surface area contributed by atoms with Crippen LogP contribution in [0.1, 0.15) is 36.2 Å². The van der Waals surface area contributed by atoms with Crippen LogP contribution in [0, 0.1) is 0 Å². The second-order valence-electron chi connectivity index (χ2n) is 6.10. The van der Waals surface area contributed by atoms with Crippen LogP contribution in [0.15, 0.2) is 48.5 Å². The molecule has 2 rings (SSSR count). The summed E-state index contributed by atoms with van der Waals surface area (Å²) >= 11 is 5.86. The molecule has 7 heteroatoms. The molecule has 0 aliphatic carbocycles. The lowest BCUT2D eigenvalue weighted by Crippen LogP contribution is -2.32. The number of aryl methyl sites for hydroxylation is 1. The minimum atomic E-state index is -3.32. The smallest absolute Gasteiger partial charge is 0.251 e. The lowest BCUT2D eigenvalue weighted by Gasteiger charge is -2.22. The van der Waals surface area contributed by atoms with Gasteiger partial charge in [-0.25, -0.2) is 8.42 Å². The normalized spacial score (nSPS) is 11.2. The molecule has 27 heavy (non-hydrogen) atoms. The van der Waals surface area contributed by atoms with E-state index in [1.807, 2.05) is 24.3 Å². The van der Waals surface area contributed by atoms with E-state index in [1.165, 1.54) is 9.87 Å². The molecule has 0 aliphatic rings. The fraction of sp³-hybridized carbons (Fsp3) is 0.350. The van der Waals surface area contributed by atoms with Gasteiger partial charge < -0.3 is 5.32 Å². The maximum Gasteiger partial charge on any atom is 0.251 e. The minimum absolute atomic E-state index is 0.0384. The molecule has 0 spiro atoms. The molecule has 2 aromatic carbocycles. The zero-order valence-corrected chi connectivity index (χ0v) is 17.2. The number of hydrogen-bond donors (Lipinski definition) is 1. The minimum Gasteiger partial charge on any atom is -0.352 e. The molecule has 2 aromatic rings. The number of carbonyl (C=O) groups excluding carboxylic acids is 1. The maximum absolute atomic E-state index is 12.2. The molecular weight excluding hydrogens is 384 g/mol. The van der Waals surface area contributed by atoms with Crippen molar-refractivity contribution < 1.29 is 13.2 Å². The number of sulfonamides is 1. The molecule has 0 fully saturated rings. The van der Waals surface area contributed by atoms with Crippen molar-refractivity contribution in [2.45, 2.75) is 26.7 Å². The largest absolute Gasteiger partial charge is 0.352 e. The Morgan fingerprint density at radius 1 is 1.04 bits per heavy atom. The van der Waals surface area contributed by atoms with Gasteiger partial charge in [0.15, 0.2) is 0 Å². The van der Waals surface area contributed by atoms with Gasteiger partial charge in [0.2, 0.25) is 10.0 Å². The van der Waals surface area contributed by atoms with Gasteiger partial charge in [-0.2, -0.15) is 0 Å².